The highest BCUT2D eigenvalue weighted by Crippen LogP contribution is 2.26. The van der Waals surface area contributed by atoms with Gasteiger partial charge in [-0.2, -0.15) is 0 Å². The van der Waals surface area contributed by atoms with Crippen LogP contribution < -0.4 is 10.1 Å². The average Bonchev–Trinajstić information content (AvgIpc) is 3.00. The molecule has 1 aliphatic rings. The van der Waals surface area contributed by atoms with Gasteiger partial charge in [0, 0.05) is 5.92 Å². The van der Waals surface area contributed by atoms with Gasteiger partial charge in [0.1, 0.15) is 5.75 Å². The number of amides is 1. The van der Waals surface area contributed by atoms with Crippen molar-refractivity contribution in [1.29, 1.82) is 0 Å². The Balaban J connectivity index is 1.88. The predicted octanol–water partition coefficient (Wildman–Crippen LogP) is 2.52. The van der Waals surface area contributed by atoms with Crippen LogP contribution >= 0.6 is 0 Å². The third-order valence-corrected chi connectivity index (χ3v) is 3.83. The number of aliphatic carboxylic acids is 1. The Labute approximate surface area is 124 Å². The molecule has 0 aliphatic heterocycles. The van der Waals surface area contributed by atoms with Gasteiger partial charge in [0.15, 0.2) is 6.61 Å². The second-order valence-electron chi connectivity index (χ2n) is 5.46. The Morgan fingerprint density at radius 1 is 1.29 bits per heavy atom. The lowest BCUT2D eigenvalue weighted by molar-refractivity contribution is -0.139. The molecule has 5 heteroatoms. The Hall–Kier alpha value is -2.04. The summed E-state index contributed by atoms with van der Waals surface area (Å²) in [5.41, 5.74) is 0.976. The molecule has 5 nitrogen and oxygen atoms in total. The monoisotopic (exact) mass is 291 g/mol. The molecule has 1 aromatic rings. The van der Waals surface area contributed by atoms with Gasteiger partial charge in [0.25, 0.3) is 0 Å². The minimum atomic E-state index is -1.00. The van der Waals surface area contributed by atoms with E-state index in [4.69, 9.17) is 9.84 Å². The summed E-state index contributed by atoms with van der Waals surface area (Å²) in [7, 11) is 0. The molecule has 0 radical (unpaired) electrons. The predicted molar refractivity (Wildman–Crippen MR) is 78.1 cm³/mol. The minimum absolute atomic E-state index is 0.0633. The maximum absolute atomic E-state index is 12.1. The number of benzene rings is 1. The molecular formula is C16H21NO4. The van der Waals surface area contributed by atoms with Gasteiger partial charge in [-0.3, -0.25) is 4.79 Å². The van der Waals surface area contributed by atoms with Crippen molar-refractivity contribution in [1.82, 2.24) is 5.32 Å². The number of hydrogen-bond acceptors (Lipinski definition) is 3. The van der Waals surface area contributed by atoms with E-state index in [1.807, 2.05) is 19.1 Å². The molecule has 1 fully saturated rings. The van der Waals surface area contributed by atoms with Crippen LogP contribution in [0.5, 0.6) is 5.75 Å². The van der Waals surface area contributed by atoms with Gasteiger partial charge in [-0.25, -0.2) is 4.79 Å². The van der Waals surface area contributed by atoms with Crippen molar-refractivity contribution in [2.75, 3.05) is 6.61 Å². The first-order valence-electron chi connectivity index (χ1n) is 7.31. The van der Waals surface area contributed by atoms with Gasteiger partial charge in [-0.05, 0) is 37.5 Å². The summed E-state index contributed by atoms with van der Waals surface area (Å²) in [5.74, 6) is -0.205. The lowest BCUT2D eigenvalue weighted by Crippen LogP contribution is -2.31. The molecule has 0 saturated heterocycles. The van der Waals surface area contributed by atoms with E-state index in [9.17, 15) is 9.59 Å². The first kappa shape index (κ1) is 15.4. The average molecular weight is 291 g/mol. The highest BCUT2D eigenvalue weighted by molar-refractivity contribution is 5.79. The molecule has 1 aliphatic carbocycles. The van der Waals surface area contributed by atoms with E-state index in [-0.39, 0.29) is 24.5 Å². The van der Waals surface area contributed by atoms with Crippen LogP contribution in [0.4, 0.5) is 0 Å². The van der Waals surface area contributed by atoms with Gasteiger partial charge in [-0.15, -0.1) is 0 Å². The Morgan fingerprint density at radius 3 is 2.48 bits per heavy atom. The number of carboxylic acid groups (broad SMARTS) is 1. The van der Waals surface area contributed by atoms with Crippen molar-refractivity contribution < 1.29 is 19.4 Å². The normalized spacial score (nSPS) is 16.4. The van der Waals surface area contributed by atoms with E-state index >= 15 is 0 Å². The molecule has 0 heterocycles. The number of nitrogens with one attached hydrogen (secondary N) is 1. The molecule has 2 rings (SSSR count). The molecule has 1 unspecified atom stereocenters. The van der Waals surface area contributed by atoms with Crippen LogP contribution in [0.25, 0.3) is 0 Å². The Kier molecular flexibility index (Phi) is 5.20. The molecule has 0 bridgehead atoms. The zero-order valence-electron chi connectivity index (χ0n) is 12.2. The van der Waals surface area contributed by atoms with Crippen LogP contribution in [0.2, 0.25) is 0 Å². The van der Waals surface area contributed by atoms with Gasteiger partial charge in [0.2, 0.25) is 5.91 Å². The van der Waals surface area contributed by atoms with Crippen molar-refractivity contribution in [2.24, 2.45) is 5.92 Å². The van der Waals surface area contributed by atoms with Crippen LogP contribution in [-0.4, -0.2) is 23.6 Å². The van der Waals surface area contributed by atoms with E-state index in [1.54, 1.807) is 12.1 Å². The smallest absolute Gasteiger partial charge is 0.341 e. The second-order valence-corrected chi connectivity index (χ2v) is 5.46. The molecule has 21 heavy (non-hydrogen) atoms. The molecule has 0 aromatic heterocycles. The number of carboxylic acids is 1. The van der Waals surface area contributed by atoms with Crippen LogP contribution in [-0.2, 0) is 9.59 Å². The summed E-state index contributed by atoms with van der Waals surface area (Å²) < 4.78 is 5.08. The molecule has 1 atom stereocenters. The number of rotatable bonds is 6. The van der Waals surface area contributed by atoms with E-state index < -0.39 is 5.97 Å². The number of ether oxygens (including phenoxy) is 1. The van der Waals surface area contributed by atoms with Gasteiger partial charge in [0.05, 0.1) is 6.04 Å². The fraction of sp³-hybridized carbons (Fsp3) is 0.500. The van der Waals surface area contributed by atoms with Gasteiger partial charge >= 0.3 is 5.97 Å². The lowest BCUT2D eigenvalue weighted by Gasteiger charge is -2.17. The highest BCUT2D eigenvalue weighted by Gasteiger charge is 2.23. The van der Waals surface area contributed by atoms with E-state index in [1.165, 1.54) is 0 Å². The fourth-order valence-corrected chi connectivity index (χ4v) is 2.60. The number of carbonyl (C=O) groups is 2. The summed E-state index contributed by atoms with van der Waals surface area (Å²) in [6.07, 6.45) is 4.26. The van der Waals surface area contributed by atoms with Crippen molar-refractivity contribution in [3.8, 4) is 5.75 Å². The Bertz CT molecular complexity index is 492. The molecule has 114 valence electrons. The standard InChI is InChI=1S/C16H21NO4/c1-11(17-16(20)13-4-2-3-5-13)12-6-8-14(9-7-12)21-10-15(18)19/h6-9,11,13H,2-5,10H2,1H3,(H,17,20)(H,18,19). The maximum atomic E-state index is 12.1. The lowest BCUT2D eigenvalue weighted by atomic mass is 10.0. The summed E-state index contributed by atoms with van der Waals surface area (Å²) in [6.45, 7) is 1.59. The third-order valence-electron chi connectivity index (χ3n) is 3.83. The summed E-state index contributed by atoms with van der Waals surface area (Å²) in [6, 6.07) is 7.06. The van der Waals surface area contributed by atoms with Crippen molar-refractivity contribution in [3.05, 3.63) is 29.8 Å². The third kappa shape index (κ3) is 4.48. The van der Waals surface area contributed by atoms with Crippen molar-refractivity contribution >= 4 is 11.9 Å². The maximum Gasteiger partial charge on any atom is 0.341 e. The van der Waals surface area contributed by atoms with Gasteiger partial charge < -0.3 is 15.2 Å². The summed E-state index contributed by atoms with van der Waals surface area (Å²) in [4.78, 5) is 22.5. The number of carbonyl (C=O) groups excluding carboxylic acids is 1. The zero-order valence-corrected chi connectivity index (χ0v) is 12.2. The van der Waals surface area contributed by atoms with Crippen LogP contribution in [0.15, 0.2) is 24.3 Å². The quantitative estimate of drug-likeness (QED) is 0.844. The zero-order chi connectivity index (χ0) is 15.2. The molecule has 1 amide bonds. The van der Waals surface area contributed by atoms with Crippen molar-refractivity contribution in [3.63, 3.8) is 0 Å². The first-order chi connectivity index (χ1) is 10.1. The van der Waals surface area contributed by atoms with Crippen LogP contribution in [0.1, 0.15) is 44.2 Å². The second kappa shape index (κ2) is 7.11. The van der Waals surface area contributed by atoms with E-state index in [2.05, 4.69) is 5.32 Å². The van der Waals surface area contributed by atoms with Crippen molar-refractivity contribution in [2.45, 2.75) is 38.6 Å². The fourth-order valence-electron chi connectivity index (χ4n) is 2.60. The highest BCUT2D eigenvalue weighted by atomic mass is 16.5. The SMILES string of the molecule is CC(NC(=O)C1CCCC1)c1ccc(OCC(=O)O)cc1. The van der Waals surface area contributed by atoms with E-state index in [0.717, 1.165) is 31.2 Å². The van der Waals surface area contributed by atoms with E-state index in [0.29, 0.717) is 5.75 Å². The number of hydrogen-bond donors (Lipinski definition) is 2. The summed E-state index contributed by atoms with van der Waals surface area (Å²) in [5, 5.41) is 11.6. The van der Waals surface area contributed by atoms with Gasteiger partial charge in [-0.1, -0.05) is 25.0 Å². The molecule has 0 spiro atoms. The Morgan fingerprint density at radius 2 is 1.90 bits per heavy atom. The molecule has 1 saturated carbocycles. The molecule has 2 N–H and O–H groups in total. The minimum Gasteiger partial charge on any atom is -0.482 e. The topological polar surface area (TPSA) is 75.6 Å². The molecular weight excluding hydrogens is 270 g/mol. The summed E-state index contributed by atoms with van der Waals surface area (Å²) >= 11 is 0. The largest absolute Gasteiger partial charge is 0.482 e. The first-order valence-corrected chi connectivity index (χ1v) is 7.31. The van der Waals surface area contributed by atoms with Crippen LogP contribution in [0.3, 0.4) is 0 Å². The molecule has 1 aromatic carbocycles. The van der Waals surface area contributed by atoms with Crippen LogP contribution in [0, 0.1) is 5.92 Å².